The van der Waals surface area contributed by atoms with E-state index in [0.717, 1.165) is 38.6 Å². The smallest absolute Gasteiger partial charge is 0.305 e. The largest absolute Gasteiger partial charge is 0.481 e. The summed E-state index contributed by atoms with van der Waals surface area (Å²) >= 11 is 0. The molecule has 6 heteroatoms. The third kappa shape index (κ3) is 4.17. The maximum absolute atomic E-state index is 12.5. The van der Waals surface area contributed by atoms with E-state index in [1.165, 1.54) is 0 Å². The summed E-state index contributed by atoms with van der Waals surface area (Å²) < 4.78 is 5.37. The van der Waals surface area contributed by atoms with Gasteiger partial charge >= 0.3 is 5.97 Å². The van der Waals surface area contributed by atoms with E-state index in [0.29, 0.717) is 19.6 Å². The van der Waals surface area contributed by atoms with Crippen LogP contribution in [-0.4, -0.2) is 60.3 Å². The third-order valence-electron chi connectivity index (χ3n) is 4.77. The number of nitrogens with one attached hydrogen (secondary N) is 1. The van der Waals surface area contributed by atoms with Crippen molar-refractivity contribution in [3.63, 3.8) is 0 Å². The molecule has 1 heterocycles. The van der Waals surface area contributed by atoms with Crippen LogP contribution in [0.2, 0.25) is 0 Å². The van der Waals surface area contributed by atoms with Crippen LogP contribution >= 0.6 is 0 Å². The standard InChI is InChI=1S/C15H26N2O4/c1-17(13(18)9-12-11-21-8-7-16-12)15(10-14(19)20)5-3-2-4-6-15/h12,16H,2-11H2,1H3,(H,19,20). The number of ether oxygens (including phenoxy) is 1. The van der Waals surface area contributed by atoms with E-state index in [-0.39, 0.29) is 18.4 Å². The molecule has 2 fully saturated rings. The molecule has 0 aromatic heterocycles. The predicted molar refractivity (Wildman–Crippen MR) is 78.1 cm³/mol. The van der Waals surface area contributed by atoms with Crippen molar-refractivity contribution in [2.45, 2.75) is 56.5 Å². The summed E-state index contributed by atoms with van der Waals surface area (Å²) in [7, 11) is 1.76. The highest BCUT2D eigenvalue weighted by molar-refractivity contribution is 5.79. The Balaban J connectivity index is 2.00. The van der Waals surface area contributed by atoms with Crippen molar-refractivity contribution in [1.82, 2.24) is 10.2 Å². The molecular weight excluding hydrogens is 272 g/mol. The van der Waals surface area contributed by atoms with Gasteiger partial charge in [0.25, 0.3) is 0 Å². The number of carbonyl (C=O) groups is 2. The first kappa shape index (κ1) is 16.2. The van der Waals surface area contributed by atoms with Gasteiger partial charge in [-0.2, -0.15) is 0 Å². The molecule has 2 rings (SSSR count). The fourth-order valence-electron chi connectivity index (χ4n) is 3.49. The van der Waals surface area contributed by atoms with E-state index in [9.17, 15) is 14.7 Å². The van der Waals surface area contributed by atoms with Gasteiger partial charge in [0.15, 0.2) is 0 Å². The summed E-state index contributed by atoms with van der Waals surface area (Å²) in [4.78, 5) is 25.5. The second-order valence-electron chi connectivity index (χ2n) is 6.24. The molecule has 2 N–H and O–H groups in total. The number of aliphatic carboxylic acids is 1. The molecular formula is C15H26N2O4. The second-order valence-corrected chi connectivity index (χ2v) is 6.24. The molecule has 1 aliphatic carbocycles. The number of carboxylic acids is 1. The Hall–Kier alpha value is -1.14. The number of carboxylic acid groups (broad SMARTS) is 1. The van der Waals surface area contributed by atoms with Gasteiger partial charge in [0.05, 0.1) is 25.2 Å². The average Bonchev–Trinajstić information content (AvgIpc) is 2.47. The summed E-state index contributed by atoms with van der Waals surface area (Å²) in [6, 6.07) is 0.0409. The molecule has 1 amide bonds. The van der Waals surface area contributed by atoms with Crippen molar-refractivity contribution in [3.05, 3.63) is 0 Å². The summed E-state index contributed by atoms with van der Waals surface area (Å²) in [5.41, 5.74) is -0.503. The van der Waals surface area contributed by atoms with Crippen LogP contribution in [0, 0.1) is 0 Å². The fraction of sp³-hybridized carbons (Fsp3) is 0.867. The third-order valence-corrected chi connectivity index (χ3v) is 4.77. The highest BCUT2D eigenvalue weighted by atomic mass is 16.5. The molecule has 0 aromatic carbocycles. The zero-order valence-corrected chi connectivity index (χ0v) is 12.8. The maximum Gasteiger partial charge on any atom is 0.305 e. The van der Waals surface area contributed by atoms with E-state index in [2.05, 4.69) is 5.32 Å². The van der Waals surface area contributed by atoms with Gasteiger partial charge in [-0.1, -0.05) is 19.3 Å². The summed E-state index contributed by atoms with van der Waals surface area (Å²) in [6.45, 7) is 2.00. The van der Waals surface area contributed by atoms with E-state index in [1.54, 1.807) is 11.9 Å². The number of amides is 1. The Morgan fingerprint density at radius 3 is 2.62 bits per heavy atom. The second kappa shape index (κ2) is 7.22. The zero-order valence-electron chi connectivity index (χ0n) is 12.8. The molecule has 0 aromatic rings. The normalized spacial score (nSPS) is 25.3. The lowest BCUT2D eigenvalue weighted by Gasteiger charge is -2.44. The molecule has 1 unspecified atom stereocenters. The maximum atomic E-state index is 12.5. The first-order valence-corrected chi connectivity index (χ1v) is 7.83. The number of morpholine rings is 1. The highest BCUT2D eigenvalue weighted by Crippen LogP contribution is 2.36. The van der Waals surface area contributed by atoms with E-state index >= 15 is 0 Å². The molecule has 1 aliphatic heterocycles. The quantitative estimate of drug-likeness (QED) is 0.791. The first-order valence-electron chi connectivity index (χ1n) is 7.83. The summed E-state index contributed by atoms with van der Waals surface area (Å²) in [5.74, 6) is -0.808. The van der Waals surface area contributed by atoms with Crippen molar-refractivity contribution in [1.29, 1.82) is 0 Å². The van der Waals surface area contributed by atoms with E-state index in [1.807, 2.05) is 0 Å². The number of nitrogens with zero attached hydrogens (tertiary/aromatic N) is 1. The van der Waals surface area contributed by atoms with E-state index in [4.69, 9.17) is 4.74 Å². The SMILES string of the molecule is CN(C(=O)CC1COCCN1)C1(CC(=O)O)CCCCC1. The Labute approximate surface area is 125 Å². The Morgan fingerprint density at radius 1 is 1.33 bits per heavy atom. The van der Waals surface area contributed by atoms with Crippen molar-refractivity contribution in [2.24, 2.45) is 0 Å². The van der Waals surface area contributed by atoms with Crippen LogP contribution in [0.15, 0.2) is 0 Å². The van der Waals surface area contributed by atoms with Gasteiger partial charge in [-0.05, 0) is 12.8 Å². The number of hydrogen-bond donors (Lipinski definition) is 2. The molecule has 6 nitrogen and oxygen atoms in total. The molecule has 1 saturated heterocycles. The Morgan fingerprint density at radius 2 is 2.05 bits per heavy atom. The molecule has 0 radical (unpaired) electrons. The minimum Gasteiger partial charge on any atom is -0.481 e. The summed E-state index contributed by atoms with van der Waals surface area (Å²) in [6.07, 6.45) is 5.11. The van der Waals surface area contributed by atoms with Gasteiger partial charge in [0, 0.05) is 26.1 Å². The van der Waals surface area contributed by atoms with Crippen molar-refractivity contribution in [3.8, 4) is 0 Å². The van der Waals surface area contributed by atoms with Gasteiger partial charge in [0.2, 0.25) is 5.91 Å². The summed E-state index contributed by atoms with van der Waals surface area (Å²) in [5, 5.41) is 12.5. The van der Waals surface area contributed by atoms with Crippen LogP contribution < -0.4 is 5.32 Å². The minimum atomic E-state index is -0.823. The molecule has 2 aliphatic rings. The molecule has 1 atom stereocenters. The van der Waals surface area contributed by atoms with Crippen LogP contribution in [0.5, 0.6) is 0 Å². The lowest BCUT2D eigenvalue weighted by molar-refractivity contribution is -0.146. The molecule has 21 heavy (non-hydrogen) atoms. The van der Waals surface area contributed by atoms with Crippen molar-refractivity contribution >= 4 is 11.9 Å². The van der Waals surface area contributed by atoms with Crippen LogP contribution in [0.1, 0.15) is 44.9 Å². The van der Waals surface area contributed by atoms with Crippen molar-refractivity contribution < 1.29 is 19.4 Å². The van der Waals surface area contributed by atoms with Gasteiger partial charge in [0.1, 0.15) is 0 Å². The van der Waals surface area contributed by atoms with Gasteiger partial charge in [-0.25, -0.2) is 0 Å². The van der Waals surface area contributed by atoms with Gasteiger partial charge < -0.3 is 20.1 Å². The van der Waals surface area contributed by atoms with Crippen LogP contribution in [0.3, 0.4) is 0 Å². The fourth-order valence-corrected chi connectivity index (χ4v) is 3.49. The Bertz CT molecular complexity index is 374. The van der Waals surface area contributed by atoms with Crippen molar-refractivity contribution in [2.75, 3.05) is 26.8 Å². The van der Waals surface area contributed by atoms with Crippen LogP contribution in [0.25, 0.3) is 0 Å². The monoisotopic (exact) mass is 298 g/mol. The molecule has 0 spiro atoms. The number of hydrogen-bond acceptors (Lipinski definition) is 4. The van der Waals surface area contributed by atoms with Gasteiger partial charge in [-0.3, -0.25) is 9.59 Å². The zero-order chi connectivity index (χ0) is 15.3. The number of rotatable bonds is 5. The molecule has 1 saturated carbocycles. The average molecular weight is 298 g/mol. The topological polar surface area (TPSA) is 78.9 Å². The van der Waals surface area contributed by atoms with Gasteiger partial charge in [-0.15, -0.1) is 0 Å². The minimum absolute atomic E-state index is 0.0150. The first-order chi connectivity index (χ1) is 10.0. The number of carbonyl (C=O) groups excluding carboxylic acids is 1. The van der Waals surface area contributed by atoms with E-state index < -0.39 is 11.5 Å². The highest BCUT2D eigenvalue weighted by Gasteiger charge is 2.40. The van der Waals surface area contributed by atoms with Crippen LogP contribution in [-0.2, 0) is 14.3 Å². The van der Waals surface area contributed by atoms with Crippen LogP contribution in [0.4, 0.5) is 0 Å². The Kier molecular flexibility index (Phi) is 5.58. The predicted octanol–water partition coefficient (Wildman–Crippen LogP) is 1.00. The lowest BCUT2D eigenvalue weighted by atomic mass is 9.78. The molecule has 120 valence electrons. The molecule has 0 bridgehead atoms. The lowest BCUT2D eigenvalue weighted by Crippen LogP contribution is -2.54.